The van der Waals surface area contributed by atoms with Crippen LogP contribution in [-0.2, 0) is 6.54 Å². The van der Waals surface area contributed by atoms with Crippen LogP contribution >= 0.6 is 11.3 Å². The van der Waals surface area contributed by atoms with E-state index in [2.05, 4.69) is 10.3 Å². The van der Waals surface area contributed by atoms with Crippen molar-refractivity contribution in [1.82, 2.24) is 4.98 Å². The molecule has 1 aromatic carbocycles. The highest BCUT2D eigenvalue weighted by atomic mass is 32.1. The highest BCUT2D eigenvalue weighted by molar-refractivity contribution is 7.16. The van der Waals surface area contributed by atoms with E-state index in [1.165, 1.54) is 0 Å². The van der Waals surface area contributed by atoms with Crippen LogP contribution < -0.4 is 11.1 Å². The molecule has 0 bridgehead atoms. The fourth-order valence-electron chi connectivity index (χ4n) is 1.70. The first-order valence-corrected chi connectivity index (χ1v) is 6.09. The summed E-state index contributed by atoms with van der Waals surface area (Å²) in [6.07, 6.45) is 3.37. The topological polar surface area (TPSA) is 64.1 Å². The minimum Gasteiger partial charge on any atom is -0.472 e. The second-order valence-corrected chi connectivity index (χ2v) is 4.60. The molecule has 3 aromatic rings. The molecule has 0 aliphatic rings. The zero-order valence-electron chi connectivity index (χ0n) is 9.01. The minimum absolute atomic E-state index is 0.691. The van der Waals surface area contributed by atoms with Gasteiger partial charge >= 0.3 is 0 Å². The second-order valence-electron chi connectivity index (χ2n) is 3.71. The third-order valence-electron chi connectivity index (χ3n) is 2.60. The Morgan fingerprint density at radius 3 is 3.12 bits per heavy atom. The zero-order valence-corrected chi connectivity index (χ0v) is 9.83. The van der Waals surface area contributed by atoms with Crippen LogP contribution in [0.2, 0.25) is 0 Å². The third kappa shape index (κ3) is 1.85. The molecule has 3 rings (SSSR count). The molecule has 3 N–H and O–H groups in total. The van der Waals surface area contributed by atoms with Crippen LogP contribution in [0.15, 0.2) is 40.7 Å². The summed E-state index contributed by atoms with van der Waals surface area (Å²) in [6, 6.07) is 5.93. The first-order valence-electron chi connectivity index (χ1n) is 5.21. The van der Waals surface area contributed by atoms with Gasteiger partial charge < -0.3 is 15.5 Å². The van der Waals surface area contributed by atoms with Crippen molar-refractivity contribution in [1.29, 1.82) is 0 Å². The van der Waals surface area contributed by atoms with Crippen LogP contribution in [0.25, 0.3) is 10.2 Å². The summed E-state index contributed by atoms with van der Waals surface area (Å²) in [7, 11) is 0. The van der Waals surface area contributed by atoms with Gasteiger partial charge in [0.1, 0.15) is 5.52 Å². The lowest BCUT2D eigenvalue weighted by Gasteiger charge is -2.08. The number of hydrogen-bond donors (Lipinski definition) is 2. The van der Waals surface area contributed by atoms with Crippen molar-refractivity contribution < 1.29 is 4.42 Å². The van der Waals surface area contributed by atoms with Gasteiger partial charge in [-0.3, -0.25) is 0 Å². The molecule has 0 radical (unpaired) electrons. The van der Waals surface area contributed by atoms with E-state index >= 15 is 0 Å². The number of thiazole rings is 1. The van der Waals surface area contributed by atoms with Crippen LogP contribution in [0.4, 0.5) is 11.4 Å². The van der Waals surface area contributed by atoms with Gasteiger partial charge in [0.25, 0.3) is 0 Å². The number of nitrogens with zero attached hydrogens (tertiary/aromatic N) is 1. The van der Waals surface area contributed by atoms with Gasteiger partial charge in [-0.1, -0.05) is 0 Å². The zero-order chi connectivity index (χ0) is 11.7. The molecular weight excluding hydrogens is 234 g/mol. The average Bonchev–Trinajstić information content (AvgIpc) is 2.99. The maximum absolute atomic E-state index is 6.06. The predicted molar refractivity (Wildman–Crippen MR) is 70.1 cm³/mol. The molecule has 4 nitrogen and oxygen atoms in total. The van der Waals surface area contributed by atoms with Crippen LogP contribution in [0.5, 0.6) is 0 Å². The van der Waals surface area contributed by atoms with E-state index in [9.17, 15) is 0 Å². The summed E-state index contributed by atoms with van der Waals surface area (Å²) in [6.45, 7) is 0.691. The standard InChI is InChI=1S/C12H11N3OS/c13-11-9(14-5-8-3-4-16-6-8)1-2-10-12(11)15-7-17-10/h1-4,6-7,14H,5,13H2. The predicted octanol–water partition coefficient (Wildman–Crippen LogP) is 3.08. The van der Waals surface area contributed by atoms with Gasteiger partial charge in [-0.15, -0.1) is 11.3 Å². The van der Waals surface area contributed by atoms with Crippen molar-refractivity contribution in [2.24, 2.45) is 0 Å². The van der Waals surface area contributed by atoms with Gasteiger partial charge in [0.05, 0.1) is 34.1 Å². The number of anilines is 2. The second kappa shape index (κ2) is 4.10. The summed E-state index contributed by atoms with van der Waals surface area (Å²) in [5, 5.41) is 3.28. The van der Waals surface area contributed by atoms with Crippen molar-refractivity contribution in [2.45, 2.75) is 6.54 Å². The lowest BCUT2D eigenvalue weighted by molar-refractivity contribution is 0.564. The Kier molecular flexibility index (Phi) is 2.45. The Hall–Kier alpha value is -2.01. The van der Waals surface area contributed by atoms with E-state index in [0.717, 1.165) is 21.5 Å². The molecule has 0 spiro atoms. The lowest BCUT2D eigenvalue weighted by Crippen LogP contribution is -2.01. The maximum Gasteiger partial charge on any atom is 0.106 e. The number of furan rings is 1. The summed E-state index contributed by atoms with van der Waals surface area (Å²) >= 11 is 1.59. The molecule has 5 heteroatoms. The van der Waals surface area contributed by atoms with Gasteiger partial charge in [0.2, 0.25) is 0 Å². The largest absolute Gasteiger partial charge is 0.472 e. The molecule has 0 atom stereocenters. The highest BCUT2D eigenvalue weighted by Crippen LogP contribution is 2.30. The average molecular weight is 245 g/mol. The van der Waals surface area contributed by atoms with E-state index in [1.807, 2.05) is 18.2 Å². The number of aromatic nitrogens is 1. The normalized spacial score (nSPS) is 10.8. The molecule has 0 fully saturated rings. The van der Waals surface area contributed by atoms with Crippen molar-refractivity contribution >= 4 is 32.9 Å². The summed E-state index contributed by atoms with van der Waals surface area (Å²) in [5.41, 5.74) is 11.4. The van der Waals surface area contributed by atoms with Gasteiger partial charge in [0, 0.05) is 12.1 Å². The monoisotopic (exact) mass is 245 g/mol. The van der Waals surface area contributed by atoms with Crippen LogP contribution in [0.3, 0.4) is 0 Å². The van der Waals surface area contributed by atoms with Crippen molar-refractivity contribution in [3.8, 4) is 0 Å². The molecule has 0 unspecified atom stereocenters. The van der Waals surface area contributed by atoms with Crippen LogP contribution in [0.1, 0.15) is 5.56 Å². The Balaban J connectivity index is 1.87. The number of rotatable bonds is 3. The van der Waals surface area contributed by atoms with Gasteiger partial charge in [0.15, 0.2) is 0 Å². The Bertz CT molecular complexity index is 630. The molecule has 86 valence electrons. The maximum atomic E-state index is 6.06. The van der Waals surface area contributed by atoms with Crippen LogP contribution in [0, 0.1) is 0 Å². The SMILES string of the molecule is Nc1c(NCc2ccoc2)ccc2scnc12. The Morgan fingerprint density at radius 2 is 2.29 bits per heavy atom. The van der Waals surface area contributed by atoms with E-state index in [0.29, 0.717) is 12.2 Å². The smallest absolute Gasteiger partial charge is 0.106 e. The Morgan fingerprint density at radius 1 is 1.35 bits per heavy atom. The number of hydrogen-bond acceptors (Lipinski definition) is 5. The highest BCUT2D eigenvalue weighted by Gasteiger charge is 2.06. The number of nitrogen functional groups attached to an aromatic ring is 1. The molecule has 0 aliphatic heterocycles. The molecule has 0 saturated carbocycles. The Labute approximate surface area is 102 Å². The lowest BCUT2D eigenvalue weighted by atomic mass is 10.2. The molecule has 0 amide bonds. The summed E-state index contributed by atoms with van der Waals surface area (Å²) in [4.78, 5) is 4.26. The molecule has 2 heterocycles. The van der Waals surface area contributed by atoms with Gasteiger partial charge in [-0.05, 0) is 18.2 Å². The first kappa shape index (κ1) is 10.2. The van der Waals surface area contributed by atoms with E-state index in [4.69, 9.17) is 10.2 Å². The van der Waals surface area contributed by atoms with E-state index in [-0.39, 0.29) is 0 Å². The molecular formula is C12H11N3OS. The van der Waals surface area contributed by atoms with Crippen LogP contribution in [-0.4, -0.2) is 4.98 Å². The van der Waals surface area contributed by atoms with E-state index in [1.54, 1.807) is 29.4 Å². The van der Waals surface area contributed by atoms with Crippen molar-refractivity contribution in [2.75, 3.05) is 11.1 Å². The number of nitrogens with one attached hydrogen (secondary N) is 1. The van der Waals surface area contributed by atoms with Gasteiger partial charge in [-0.2, -0.15) is 0 Å². The molecule has 0 saturated heterocycles. The summed E-state index contributed by atoms with van der Waals surface area (Å²) in [5.74, 6) is 0. The number of fused-ring (bicyclic) bond motifs is 1. The quantitative estimate of drug-likeness (QED) is 0.696. The number of nitrogens with two attached hydrogens (primary N) is 1. The van der Waals surface area contributed by atoms with Gasteiger partial charge in [-0.25, -0.2) is 4.98 Å². The molecule has 17 heavy (non-hydrogen) atoms. The third-order valence-corrected chi connectivity index (χ3v) is 3.40. The summed E-state index contributed by atoms with van der Waals surface area (Å²) < 4.78 is 6.12. The molecule has 2 aromatic heterocycles. The minimum atomic E-state index is 0.691. The fraction of sp³-hybridized carbons (Fsp3) is 0.0833. The van der Waals surface area contributed by atoms with E-state index < -0.39 is 0 Å². The van der Waals surface area contributed by atoms with Crippen molar-refractivity contribution in [3.05, 3.63) is 41.8 Å². The molecule has 0 aliphatic carbocycles. The first-order chi connectivity index (χ1) is 8.34. The van der Waals surface area contributed by atoms with Crippen molar-refractivity contribution in [3.63, 3.8) is 0 Å². The fourth-order valence-corrected chi connectivity index (χ4v) is 2.39. The number of benzene rings is 1.